The van der Waals surface area contributed by atoms with Crippen LogP contribution in [-0.2, 0) is 20.9 Å². The van der Waals surface area contributed by atoms with E-state index in [-0.39, 0.29) is 23.7 Å². The third-order valence-electron chi connectivity index (χ3n) is 4.89. The minimum absolute atomic E-state index is 0.147. The monoisotopic (exact) mass is 327 g/mol. The second kappa shape index (κ2) is 7.65. The lowest BCUT2D eigenvalue weighted by atomic mass is 9.86. The molecule has 1 aromatic carbocycles. The van der Waals surface area contributed by atoms with E-state index in [0.29, 0.717) is 26.0 Å². The SMILES string of the molecule is CCOC1=CC(=O)C[C@H](C[C@@H]2CCC(=O)N2Cc2ccccc2)C1. The topological polar surface area (TPSA) is 46.6 Å². The van der Waals surface area contributed by atoms with Crippen molar-refractivity contribution < 1.29 is 14.3 Å². The molecule has 1 aromatic rings. The van der Waals surface area contributed by atoms with E-state index in [0.717, 1.165) is 30.6 Å². The van der Waals surface area contributed by atoms with Gasteiger partial charge in [-0.25, -0.2) is 0 Å². The summed E-state index contributed by atoms with van der Waals surface area (Å²) in [4.78, 5) is 26.2. The van der Waals surface area contributed by atoms with Gasteiger partial charge in [0.15, 0.2) is 5.78 Å². The van der Waals surface area contributed by atoms with E-state index in [1.54, 1.807) is 6.08 Å². The van der Waals surface area contributed by atoms with Crippen LogP contribution in [0.4, 0.5) is 0 Å². The highest BCUT2D eigenvalue weighted by atomic mass is 16.5. The van der Waals surface area contributed by atoms with Crippen LogP contribution >= 0.6 is 0 Å². The molecule has 1 heterocycles. The highest BCUT2D eigenvalue weighted by Crippen LogP contribution is 2.32. The zero-order valence-electron chi connectivity index (χ0n) is 14.2. The van der Waals surface area contributed by atoms with Crippen LogP contribution in [0.3, 0.4) is 0 Å². The fourth-order valence-electron chi connectivity index (χ4n) is 3.81. The molecule has 2 atom stereocenters. The van der Waals surface area contributed by atoms with Gasteiger partial charge < -0.3 is 9.64 Å². The van der Waals surface area contributed by atoms with Gasteiger partial charge in [0.2, 0.25) is 5.91 Å². The lowest BCUT2D eigenvalue weighted by molar-refractivity contribution is -0.129. The Morgan fingerprint density at radius 1 is 1.17 bits per heavy atom. The Morgan fingerprint density at radius 3 is 2.71 bits per heavy atom. The molecule has 128 valence electrons. The predicted octanol–water partition coefficient (Wildman–Crippen LogP) is 3.47. The maximum absolute atomic E-state index is 12.3. The van der Waals surface area contributed by atoms with Gasteiger partial charge in [-0.1, -0.05) is 30.3 Å². The zero-order valence-corrected chi connectivity index (χ0v) is 14.2. The van der Waals surface area contributed by atoms with Gasteiger partial charge in [0.1, 0.15) is 0 Å². The number of hydrogen-bond donors (Lipinski definition) is 0. The van der Waals surface area contributed by atoms with Crippen molar-refractivity contribution in [3.63, 3.8) is 0 Å². The van der Waals surface area contributed by atoms with Crippen LogP contribution in [0, 0.1) is 5.92 Å². The molecule has 0 radical (unpaired) electrons. The van der Waals surface area contributed by atoms with Crippen molar-refractivity contribution in [3.05, 3.63) is 47.7 Å². The smallest absolute Gasteiger partial charge is 0.223 e. The minimum atomic E-state index is 0.147. The molecule has 0 unspecified atom stereocenters. The van der Waals surface area contributed by atoms with Gasteiger partial charge in [-0.2, -0.15) is 0 Å². The molecule has 0 N–H and O–H groups in total. The first-order valence-corrected chi connectivity index (χ1v) is 8.85. The minimum Gasteiger partial charge on any atom is -0.498 e. The van der Waals surface area contributed by atoms with Crippen molar-refractivity contribution in [1.29, 1.82) is 0 Å². The van der Waals surface area contributed by atoms with Gasteiger partial charge in [-0.3, -0.25) is 9.59 Å². The summed E-state index contributed by atoms with van der Waals surface area (Å²) in [7, 11) is 0. The fourth-order valence-corrected chi connectivity index (χ4v) is 3.81. The molecule has 1 aliphatic heterocycles. The average molecular weight is 327 g/mol. The number of ketones is 1. The summed E-state index contributed by atoms with van der Waals surface area (Å²) < 4.78 is 5.55. The van der Waals surface area contributed by atoms with Crippen LogP contribution < -0.4 is 0 Å². The number of carbonyl (C=O) groups excluding carboxylic acids is 2. The molecule has 2 aliphatic rings. The average Bonchev–Trinajstić information content (AvgIpc) is 2.89. The summed E-state index contributed by atoms with van der Waals surface area (Å²) in [6.45, 7) is 3.19. The van der Waals surface area contributed by atoms with Gasteiger partial charge in [0, 0.05) is 37.9 Å². The van der Waals surface area contributed by atoms with E-state index in [1.807, 2.05) is 30.0 Å². The quantitative estimate of drug-likeness (QED) is 0.804. The fraction of sp³-hybridized carbons (Fsp3) is 0.500. The number of ether oxygens (including phenoxy) is 1. The molecule has 1 fully saturated rings. The molecule has 24 heavy (non-hydrogen) atoms. The van der Waals surface area contributed by atoms with E-state index < -0.39 is 0 Å². The number of amides is 1. The number of nitrogens with zero attached hydrogens (tertiary/aromatic N) is 1. The zero-order chi connectivity index (χ0) is 16.9. The van der Waals surface area contributed by atoms with E-state index in [4.69, 9.17) is 4.74 Å². The Kier molecular flexibility index (Phi) is 5.34. The van der Waals surface area contributed by atoms with Crippen molar-refractivity contribution in [3.8, 4) is 0 Å². The molecule has 1 amide bonds. The van der Waals surface area contributed by atoms with Crippen LogP contribution in [0.5, 0.6) is 0 Å². The van der Waals surface area contributed by atoms with Gasteiger partial charge in [0.25, 0.3) is 0 Å². The van der Waals surface area contributed by atoms with Gasteiger partial charge >= 0.3 is 0 Å². The largest absolute Gasteiger partial charge is 0.498 e. The molecular weight excluding hydrogens is 302 g/mol. The van der Waals surface area contributed by atoms with Gasteiger partial charge in [-0.05, 0) is 31.2 Å². The summed E-state index contributed by atoms with van der Waals surface area (Å²) >= 11 is 0. The number of allylic oxidation sites excluding steroid dienone is 2. The van der Waals surface area contributed by atoms with Crippen molar-refractivity contribution in [1.82, 2.24) is 4.90 Å². The number of benzene rings is 1. The molecular formula is C20H25NO3. The lowest BCUT2D eigenvalue weighted by Crippen LogP contribution is -2.34. The Bertz CT molecular complexity index is 623. The first kappa shape index (κ1) is 16.7. The standard InChI is InChI=1S/C20H25NO3/c1-2-24-19-12-16(11-18(22)13-19)10-17-8-9-20(23)21(17)14-15-6-4-3-5-7-15/h3-7,13,16-17H,2,8-12,14H2,1H3/t16-,17-/m0/s1. The highest BCUT2D eigenvalue weighted by Gasteiger charge is 2.34. The maximum atomic E-state index is 12.3. The van der Waals surface area contributed by atoms with Crippen LogP contribution in [0.1, 0.15) is 44.6 Å². The summed E-state index contributed by atoms with van der Waals surface area (Å²) in [6, 6.07) is 10.3. The third-order valence-corrected chi connectivity index (χ3v) is 4.89. The van der Waals surface area contributed by atoms with E-state index in [1.165, 1.54) is 0 Å². The molecule has 0 saturated carbocycles. The Morgan fingerprint density at radius 2 is 1.96 bits per heavy atom. The molecule has 0 bridgehead atoms. The van der Waals surface area contributed by atoms with E-state index >= 15 is 0 Å². The molecule has 1 aliphatic carbocycles. The van der Waals surface area contributed by atoms with Crippen LogP contribution in [0.25, 0.3) is 0 Å². The van der Waals surface area contributed by atoms with Crippen molar-refractivity contribution in [2.45, 2.75) is 51.6 Å². The van der Waals surface area contributed by atoms with Gasteiger partial charge in [0.05, 0.1) is 12.4 Å². The summed E-state index contributed by atoms with van der Waals surface area (Å²) in [6.07, 6.45) is 5.41. The third kappa shape index (κ3) is 4.05. The highest BCUT2D eigenvalue weighted by molar-refractivity contribution is 5.91. The molecule has 3 rings (SSSR count). The Labute approximate surface area is 143 Å². The Balaban J connectivity index is 1.64. The molecule has 1 saturated heterocycles. The number of likely N-dealkylation sites (tertiary alicyclic amines) is 1. The van der Waals surface area contributed by atoms with Gasteiger partial charge in [-0.15, -0.1) is 0 Å². The number of hydrogen-bond acceptors (Lipinski definition) is 3. The first-order chi connectivity index (χ1) is 11.7. The van der Waals surface area contributed by atoms with Crippen LogP contribution in [-0.4, -0.2) is 29.2 Å². The van der Waals surface area contributed by atoms with Crippen molar-refractivity contribution in [2.75, 3.05) is 6.61 Å². The second-order valence-electron chi connectivity index (χ2n) is 6.72. The normalized spacial score (nSPS) is 24.2. The summed E-state index contributed by atoms with van der Waals surface area (Å²) in [5.41, 5.74) is 1.16. The molecule has 4 nitrogen and oxygen atoms in total. The number of carbonyl (C=O) groups is 2. The molecule has 4 heteroatoms. The maximum Gasteiger partial charge on any atom is 0.223 e. The van der Waals surface area contributed by atoms with Crippen LogP contribution in [0.15, 0.2) is 42.2 Å². The van der Waals surface area contributed by atoms with Crippen LogP contribution in [0.2, 0.25) is 0 Å². The second-order valence-corrected chi connectivity index (χ2v) is 6.72. The predicted molar refractivity (Wildman–Crippen MR) is 92.1 cm³/mol. The van der Waals surface area contributed by atoms with Crippen molar-refractivity contribution in [2.24, 2.45) is 5.92 Å². The first-order valence-electron chi connectivity index (χ1n) is 8.85. The molecule has 0 aromatic heterocycles. The summed E-state index contributed by atoms with van der Waals surface area (Å²) in [5, 5.41) is 0. The van der Waals surface area contributed by atoms with E-state index in [9.17, 15) is 9.59 Å². The van der Waals surface area contributed by atoms with Crippen molar-refractivity contribution >= 4 is 11.7 Å². The molecule has 0 spiro atoms. The Hall–Kier alpha value is -2.10. The number of rotatable bonds is 6. The summed E-state index contributed by atoms with van der Waals surface area (Å²) in [5.74, 6) is 1.45. The van der Waals surface area contributed by atoms with E-state index in [2.05, 4.69) is 12.1 Å². The lowest BCUT2D eigenvalue weighted by Gasteiger charge is -2.30.